The first kappa shape index (κ1) is 15.4. The van der Waals surface area contributed by atoms with Gasteiger partial charge in [-0.15, -0.1) is 0 Å². The topological polar surface area (TPSA) is 59.6 Å². The van der Waals surface area contributed by atoms with E-state index in [0.29, 0.717) is 16.5 Å². The van der Waals surface area contributed by atoms with E-state index >= 15 is 0 Å². The molecule has 0 bridgehead atoms. The van der Waals surface area contributed by atoms with Crippen LogP contribution in [0.3, 0.4) is 0 Å². The highest BCUT2D eigenvalue weighted by Gasteiger charge is 2.47. The lowest BCUT2D eigenvalue weighted by Crippen LogP contribution is -2.57. The largest absolute Gasteiger partial charge is 0.495 e. The predicted octanol–water partition coefficient (Wildman–Crippen LogP) is 3.43. The fraction of sp³-hybridized carbons (Fsp3) is 0.562. The van der Waals surface area contributed by atoms with Crippen LogP contribution in [0.5, 0.6) is 5.75 Å². The summed E-state index contributed by atoms with van der Waals surface area (Å²) in [5, 5.41) is 6.48. The van der Waals surface area contributed by atoms with Crippen molar-refractivity contribution in [3.8, 4) is 5.75 Å². The van der Waals surface area contributed by atoms with Gasteiger partial charge < -0.3 is 20.1 Å². The number of ether oxygens (including phenoxy) is 2. The number of amides is 2. The zero-order valence-corrected chi connectivity index (χ0v) is 13.4. The minimum absolute atomic E-state index is 0.212. The summed E-state index contributed by atoms with van der Waals surface area (Å²) in [5.74, 6) is 0.592. The zero-order valence-electron chi connectivity index (χ0n) is 12.7. The van der Waals surface area contributed by atoms with E-state index in [4.69, 9.17) is 21.1 Å². The van der Waals surface area contributed by atoms with Crippen LogP contribution in [-0.2, 0) is 4.74 Å². The summed E-state index contributed by atoms with van der Waals surface area (Å²) < 4.78 is 10.7. The molecule has 1 aliphatic heterocycles. The number of hydrogen-bond acceptors (Lipinski definition) is 3. The van der Waals surface area contributed by atoms with Gasteiger partial charge >= 0.3 is 6.03 Å². The quantitative estimate of drug-likeness (QED) is 0.895. The molecule has 1 unspecified atom stereocenters. The fourth-order valence-corrected chi connectivity index (χ4v) is 3.57. The Kier molecular flexibility index (Phi) is 4.45. The lowest BCUT2D eigenvalue weighted by atomic mass is 9.60. The van der Waals surface area contributed by atoms with Gasteiger partial charge in [0.05, 0.1) is 12.8 Å². The summed E-state index contributed by atoms with van der Waals surface area (Å²) in [7, 11) is 1.56. The molecule has 120 valence electrons. The van der Waals surface area contributed by atoms with E-state index in [1.807, 2.05) is 0 Å². The maximum absolute atomic E-state index is 12.3. The standard InChI is InChI=1S/C16H21ClN2O3/c1-21-13-3-2-11(17)10-12(13)18-15(20)19-14-4-5-16(14)6-8-22-9-7-16/h2-3,10,14H,4-9H2,1H3,(H2,18,19,20). The Hall–Kier alpha value is -1.46. The van der Waals surface area contributed by atoms with E-state index in [1.165, 1.54) is 6.42 Å². The molecule has 2 aliphatic rings. The smallest absolute Gasteiger partial charge is 0.319 e. The van der Waals surface area contributed by atoms with Crippen molar-refractivity contribution in [2.75, 3.05) is 25.6 Å². The predicted molar refractivity (Wildman–Crippen MR) is 85.7 cm³/mol. The second-order valence-corrected chi connectivity index (χ2v) is 6.45. The van der Waals surface area contributed by atoms with Gasteiger partial charge in [0.15, 0.2) is 0 Å². The SMILES string of the molecule is COc1ccc(Cl)cc1NC(=O)NC1CCC12CCOCC2. The van der Waals surface area contributed by atoms with Crippen LogP contribution < -0.4 is 15.4 Å². The third kappa shape index (κ3) is 3.01. The molecular weight excluding hydrogens is 304 g/mol. The van der Waals surface area contributed by atoms with Crippen LogP contribution in [0.25, 0.3) is 0 Å². The number of methoxy groups -OCH3 is 1. The Labute approximate surface area is 135 Å². The highest BCUT2D eigenvalue weighted by Crippen LogP contribution is 2.48. The molecule has 22 heavy (non-hydrogen) atoms. The number of halogens is 1. The van der Waals surface area contributed by atoms with Gasteiger partial charge in [0.1, 0.15) is 5.75 Å². The maximum atomic E-state index is 12.3. The second kappa shape index (κ2) is 6.34. The van der Waals surface area contributed by atoms with Crippen LogP contribution in [-0.4, -0.2) is 32.4 Å². The van der Waals surface area contributed by atoms with E-state index in [0.717, 1.165) is 32.5 Å². The summed E-state index contributed by atoms with van der Waals surface area (Å²) in [4.78, 5) is 12.3. The number of carbonyl (C=O) groups excluding carboxylic acids is 1. The van der Waals surface area contributed by atoms with Crippen molar-refractivity contribution in [3.05, 3.63) is 23.2 Å². The lowest BCUT2D eigenvalue weighted by molar-refractivity contribution is -0.0507. The van der Waals surface area contributed by atoms with Crippen molar-refractivity contribution in [1.29, 1.82) is 0 Å². The van der Waals surface area contributed by atoms with E-state index < -0.39 is 0 Å². The Morgan fingerprint density at radius 3 is 2.77 bits per heavy atom. The van der Waals surface area contributed by atoms with Crippen LogP contribution in [0.4, 0.5) is 10.5 Å². The van der Waals surface area contributed by atoms with E-state index in [-0.39, 0.29) is 17.5 Å². The Morgan fingerprint density at radius 2 is 2.14 bits per heavy atom. The maximum Gasteiger partial charge on any atom is 0.319 e. The average Bonchev–Trinajstić information content (AvgIpc) is 2.53. The molecule has 1 aromatic carbocycles. The Morgan fingerprint density at radius 1 is 1.36 bits per heavy atom. The van der Waals surface area contributed by atoms with Crippen LogP contribution in [0.15, 0.2) is 18.2 Å². The number of anilines is 1. The summed E-state index contributed by atoms with van der Waals surface area (Å²) >= 11 is 5.98. The molecule has 1 heterocycles. The third-order valence-corrected chi connectivity index (χ3v) is 5.11. The number of urea groups is 1. The van der Waals surface area contributed by atoms with E-state index in [1.54, 1.807) is 25.3 Å². The second-order valence-electron chi connectivity index (χ2n) is 6.01. The number of nitrogens with one attached hydrogen (secondary N) is 2. The van der Waals surface area contributed by atoms with Crippen molar-refractivity contribution >= 4 is 23.3 Å². The van der Waals surface area contributed by atoms with Crippen molar-refractivity contribution in [1.82, 2.24) is 5.32 Å². The molecule has 1 atom stereocenters. The van der Waals surface area contributed by atoms with Crippen LogP contribution in [0.2, 0.25) is 5.02 Å². The van der Waals surface area contributed by atoms with Gasteiger partial charge in [-0.05, 0) is 49.3 Å². The van der Waals surface area contributed by atoms with Crippen molar-refractivity contribution in [3.63, 3.8) is 0 Å². The molecule has 6 heteroatoms. The average molecular weight is 325 g/mol. The van der Waals surface area contributed by atoms with E-state index in [2.05, 4.69) is 10.6 Å². The van der Waals surface area contributed by atoms with E-state index in [9.17, 15) is 4.79 Å². The molecule has 3 rings (SSSR count). The number of benzene rings is 1. The van der Waals surface area contributed by atoms with Gasteiger partial charge in [-0.25, -0.2) is 4.79 Å². The normalized spacial score (nSPS) is 22.7. The minimum atomic E-state index is -0.212. The molecule has 1 spiro atoms. The van der Waals surface area contributed by atoms with Crippen LogP contribution >= 0.6 is 11.6 Å². The van der Waals surface area contributed by atoms with Gasteiger partial charge in [-0.3, -0.25) is 0 Å². The number of rotatable bonds is 3. The summed E-state index contributed by atoms with van der Waals surface area (Å²) in [6.07, 6.45) is 4.25. The molecule has 1 saturated heterocycles. The van der Waals surface area contributed by atoms with Gasteiger partial charge in [0.2, 0.25) is 0 Å². The molecule has 1 aliphatic carbocycles. The minimum Gasteiger partial charge on any atom is -0.495 e. The molecule has 5 nitrogen and oxygen atoms in total. The Balaban J connectivity index is 1.62. The summed E-state index contributed by atoms with van der Waals surface area (Å²) in [5.41, 5.74) is 0.807. The van der Waals surface area contributed by atoms with Crippen molar-refractivity contribution in [2.24, 2.45) is 5.41 Å². The molecular formula is C16H21ClN2O3. The monoisotopic (exact) mass is 324 g/mol. The fourth-order valence-electron chi connectivity index (χ4n) is 3.39. The summed E-state index contributed by atoms with van der Waals surface area (Å²) in [6.45, 7) is 1.59. The number of carbonyl (C=O) groups is 1. The lowest BCUT2D eigenvalue weighted by Gasteiger charge is -2.51. The van der Waals surface area contributed by atoms with Gasteiger partial charge in [0, 0.05) is 24.3 Å². The van der Waals surface area contributed by atoms with Crippen molar-refractivity contribution in [2.45, 2.75) is 31.7 Å². The highest BCUT2D eigenvalue weighted by atomic mass is 35.5. The zero-order chi connectivity index (χ0) is 15.6. The first-order valence-corrected chi connectivity index (χ1v) is 8.00. The highest BCUT2D eigenvalue weighted by molar-refractivity contribution is 6.31. The first-order valence-electron chi connectivity index (χ1n) is 7.62. The molecule has 2 N–H and O–H groups in total. The Bertz CT molecular complexity index is 558. The molecule has 1 aromatic rings. The molecule has 0 aromatic heterocycles. The third-order valence-electron chi connectivity index (χ3n) is 4.87. The number of hydrogen-bond donors (Lipinski definition) is 2. The van der Waals surface area contributed by atoms with Gasteiger partial charge in [0.25, 0.3) is 0 Å². The molecule has 2 amide bonds. The van der Waals surface area contributed by atoms with Crippen molar-refractivity contribution < 1.29 is 14.3 Å². The van der Waals surface area contributed by atoms with Gasteiger partial charge in [-0.2, -0.15) is 0 Å². The molecule has 0 radical (unpaired) electrons. The van der Waals surface area contributed by atoms with Crippen LogP contribution in [0, 0.1) is 5.41 Å². The molecule has 2 fully saturated rings. The summed E-state index contributed by atoms with van der Waals surface area (Å²) in [6, 6.07) is 5.16. The molecule has 1 saturated carbocycles. The van der Waals surface area contributed by atoms with Gasteiger partial charge in [-0.1, -0.05) is 11.6 Å². The first-order chi connectivity index (χ1) is 10.6. The van der Waals surface area contributed by atoms with Crippen LogP contribution in [0.1, 0.15) is 25.7 Å².